The first kappa shape index (κ1) is 18.5. The Balaban J connectivity index is 1.93. The summed E-state index contributed by atoms with van der Waals surface area (Å²) in [6.45, 7) is 3.87. The van der Waals surface area contributed by atoms with Crippen LogP contribution in [0.1, 0.15) is 31.9 Å². The number of amides is 2. The lowest BCUT2D eigenvalue weighted by molar-refractivity contribution is -0.131. The van der Waals surface area contributed by atoms with Gasteiger partial charge in [-0.1, -0.05) is 30.3 Å². The van der Waals surface area contributed by atoms with Gasteiger partial charge in [0.25, 0.3) is 0 Å². The van der Waals surface area contributed by atoms with E-state index in [1.807, 2.05) is 37.3 Å². The maximum absolute atomic E-state index is 12.2. The molecule has 0 bridgehead atoms. The second-order valence-corrected chi connectivity index (χ2v) is 5.83. The van der Waals surface area contributed by atoms with Crippen LogP contribution in [0, 0.1) is 0 Å². The number of carbonyl (C=O) groups is 2. The summed E-state index contributed by atoms with van der Waals surface area (Å²) in [5, 5.41) is 2.83. The number of anilines is 1. The van der Waals surface area contributed by atoms with Crippen LogP contribution >= 0.6 is 0 Å². The molecule has 0 aliphatic carbocycles. The zero-order chi connectivity index (χ0) is 18.2. The maximum Gasteiger partial charge on any atom is 0.226 e. The number of hydrogen-bond acceptors (Lipinski definition) is 3. The van der Waals surface area contributed by atoms with E-state index in [2.05, 4.69) is 5.32 Å². The molecule has 0 aliphatic heterocycles. The first-order valence-corrected chi connectivity index (χ1v) is 8.27. The molecule has 0 saturated heterocycles. The molecule has 25 heavy (non-hydrogen) atoms. The largest absolute Gasteiger partial charge is 0.497 e. The molecule has 0 radical (unpaired) electrons. The van der Waals surface area contributed by atoms with Crippen LogP contribution in [0.4, 0.5) is 5.69 Å². The van der Waals surface area contributed by atoms with E-state index >= 15 is 0 Å². The minimum absolute atomic E-state index is 0.0476. The van der Waals surface area contributed by atoms with E-state index in [0.717, 1.165) is 11.3 Å². The van der Waals surface area contributed by atoms with Crippen LogP contribution in [-0.2, 0) is 9.59 Å². The van der Waals surface area contributed by atoms with Crippen molar-refractivity contribution in [3.63, 3.8) is 0 Å². The summed E-state index contributed by atoms with van der Waals surface area (Å²) < 4.78 is 5.09. The summed E-state index contributed by atoms with van der Waals surface area (Å²) in [6.07, 6.45) is 0.239. The third-order valence-corrected chi connectivity index (χ3v) is 4.11. The van der Waals surface area contributed by atoms with Crippen molar-refractivity contribution in [2.75, 3.05) is 19.0 Å². The third kappa shape index (κ3) is 5.35. The molecule has 2 aromatic rings. The highest BCUT2D eigenvalue weighted by atomic mass is 16.5. The monoisotopic (exact) mass is 340 g/mol. The van der Waals surface area contributed by atoms with Crippen LogP contribution in [0.3, 0.4) is 0 Å². The molecular formula is C20H24N2O3. The zero-order valence-electron chi connectivity index (χ0n) is 14.9. The smallest absolute Gasteiger partial charge is 0.226 e. The van der Waals surface area contributed by atoms with Crippen molar-refractivity contribution in [3.05, 3.63) is 60.2 Å². The highest BCUT2D eigenvalue weighted by Crippen LogP contribution is 2.20. The van der Waals surface area contributed by atoms with Crippen LogP contribution in [0.25, 0.3) is 0 Å². The molecule has 132 valence electrons. The summed E-state index contributed by atoms with van der Waals surface area (Å²) in [6, 6.07) is 16.9. The maximum atomic E-state index is 12.2. The second-order valence-electron chi connectivity index (χ2n) is 5.83. The SMILES string of the molecule is COc1ccc(NC(=O)CCN(C(C)=O)C(C)c2ccccc2)cc1. The van der Waals surface area contributed by atoms with Crippen molar-refractivity contribution < 1.29 is 14.3 Å². The van der Waals surface area contributed by atoms with Crippen LogP contribution in [-0.4, -0.2) is 30.4 Å². The summed E-state index contributed by atoms with van der Waals surface area (Å²) in [7, 11) is 1.60. The van der Waals surface area contributed by atoms with Crippen molar-refractivity contribution >= 4 is 17.5 Å². The molecule has 0 aromatic heterocycles. The lowest BCUT2D eigenvalue weighted by Gasteiger charge is -2.28. The van der Waals surface area contributed by atoms with Gasteiger partial charge in [-0.25, -0.2) is 0 Å². The van der Waals surface area contributed by atoms with Crippen LogP contribution in [0.15, 0.2) is 54.6 Å². The van der Waals surface area contributed by atoms with Gasteiger partial charge in [-0.3, -0.25) is 9.59 Å². The molecule has 0 heterocycles. The fourth-order valence-corrected chi connectivity index (χ4v) is 2.66. The molecule has 0 spiro atoms. The quantitative estimate of drug-likeness (QED) is 0.837. The van der Waals surface area contributed by atoms with Gasteiger partial charge in [0.05, 0.1) is 13.2 Å². The zero-order valence-corrected chi connectivity index (χ0v) is 14.9. The van der Waals surface area contributed by atoms with E-state index in [4.69, 9.17) is 4.74 Å². The number of carbonyl (C=O) groups excluding carboxylic acids is 2. The van der Waals surface area contributed by atoms with Crippen molar-refractivity contribution in [2.45, 2.75) is 26.3 Å². The fraction of sp³-hybridized carbons (Fsp3) is 0.300. The molecule has 2 rings (SSSR count). The summed E-state index contributed by atoms with van der Waals surface area (Å²) in [4.78, 5) is 25.9. The summed E-state index contributed by atoms with van der Waals surface area (Å²) >= 11 is 0. The highest BCUT2D eigenvalue weighted by molar-refractivity contribution is 5.91. The minimum atomic E-state index is -0.128. The number of nitrogens with one attached hydrogen (secondary N) is 1. The van der Waals surface area contributed by atoms with Crippen molar-refractivity contribution in [1.29, 1.82) is 0 Å². The van der Waals surface area contributed by atoms with Crippen LogP contribution in [0.2, 0.25) is 0 Å². The second kappa shape index (κ2) is 8.87. The Kier molecular flexibility index (Phi) is 6.57. The molecule has 1 atom stereocenters. The van der Waals surface area contributed by atoms with Crippen molar-refractivity contribution in [2.24, 2.45) is 0 Å². The minimum Gasteiger partial charge on any atom is -0.497 e. The van der Waals surface area contributed by atoms with Gasteiger partial charge in [0.15, 0.2) is 0 Å². The highest BCUT2D eigenvalue weighted by Gasteiger charge is 2.19. The number of nitrogens with zero attached hydrogens (tertiary/aromatic N) is 1. The van der Waals surface area contributed by atoms with E-state index in [9.17, 15) is 9.59 Å². The molecule has 0 aliphatic rings. The Bertz CT molecular complexity index is 699. The molecule has 5 heteroatoms. The number of rotatable bonds is 7. The molecular weight excluding hydrogens is 316 g/mol. The topological polar surface area (TPSA) is 58.6 Å². The Labute approximate surface area is 148 Å². The number of methoxy groups -OCH3 is 1. The van der Waals surface area contributed by atoms with E-state index in [1.54, 1.807) is 36.3 Å². The summed E-state index contributed by atoms with van der Waals surface area (Å²) in [5.41, 5.74) is 1.75. The van der Waals surface area contributed by atoms with E-state index in [1.165, 1.54) is 6.92 Å². The number of ether oxygens (including phenoxy) is 1. The first-order chi connectivity index (χ1) is 12.0. The molecule has 5 nitrogen and oxygen atoms in total. The predicted octanol–water partition coefficient (Wildman–Crippen LogP) is 3.63. The molecule has 1 unspecified atom stereocenters. The number of benzene rings is 2. The lowest BCUT2D eigenvalue weighted by Crippen LogP contribution is -2.34. The Morgan fingerprint density at radius 3 is 2.28 bits per heavy atom. The first-order valence-electron chi connectivity index (χ1n) is 8.27. The van der Waals surface area contributed by atoms with Gasteiger partial charge in [-0.15, -0.1) is 0 Å². The lowest BCUT2D eigenvalue weighted by atomic mass is 10.1. The van der Waals surface area contributed by atoms with Crippen molar-refractivity contribution in [1.82, 2.24) is 4.90 Å². The Morgan fingerprint density at radius 2 is 1.72 bits per heavy atom. The van der Waals surface area contributed by atoms with Gasteiger partial charge >= 0.3 is 0 Å². The molecule has 0 saturated carbocycles. The average molecular weight is 340 g/mol. The normalized spacial score (nSPS) is 11.5. The van der Waals surface area contributed by atoms with E-state index in [0.29, 0.717) is 12.2 Å². The number of hydrogen-bond donors (Lipinski definition) is 1. The summed E-state index contributed by atoms with van der Waals surface area (Å²) in [5.74, 6) is 0.558. The van der Waals surface area contributed by atoms with Crippen LogP contribution < -0.4 is 10.1 Å². The molecule has 2 amide bonds. The van der Waals surface area contributed by atoms with Crippen LogP contribution in [0.5, 0.6) is 5.75 Å². The van der Waals surface area contributed by atoms with Gasteiger partial charge in [-0.2, -0.15) is 0 Å². The molecule has 1 N–H and O–H groups in total. The molecule has 2 aromatic carbocycles. The van der Waals surface area contributed by atoms with Gasteiger partial charge in [0.2, 0.25) is 11.8 Å². The average Bonchev–Trinajstić information content (AvgIpc) is 2.62. The molecule has 0 fully saturated rings. The van der Waals surface area contributed by atoms with Gasteiger partial charge in [0.1, 0.15) is 5.75 Å². The third-order valence-electron chi connectivity index (χ3n) is 4.11. The fourth-order valence-electron chi connectivity index (χ4n) is 2.66. The Hall–Kier alpha value is -2.82. The van der Waals surface area contributed by atoms with Gasteiger partial charge < -0.3 is 15.0 Å². The van der Waals surface area contributed by atoms with Gasteiger partial charge in [-0.05, 0) is 36.8 Å². The van der Waals surface area contributed by atoms with Gasteiger partial charge in [0, 0.05) is 25.6 Å². The van der Waals surface area contributed by atoms with E-state index in [-0.39, 0.29) is 24.3 Å². The Morgan fingerprint density at radius 1 is 1.08 bits per heavy atom. The van der Waals surface area contributed by atoms with Crippen molar-refractivity contribution in [3.8, 4) is 5.75 Å². The standard InChI is InChI=1S/C20H24N2O3/c1-15(17-7-5-4-6-8-17)22(16(2)23)14-13-20(24)21-18-9-11-19(25-3)12-10-18/h4-12,15H,13-14H2,1-3H3,(H,21,24). The predicted molar refractivity (Wildman–Crippen MR) is 98.5 cm³/mol. The van der Waals surface area contributed by atoms with E-state index < -0.39 is 0 Å².